The van der Waals surface area contributed by atoms with Gasteiger partial charge < -0.3 is 5.32 Å². The number of nitrogens with one attached hydrogen (secondary N) is 1. The molecule has 2 aromatic rings. The smallest absolute Gasteiger partial charge is 0.321 e. The van der Waals surface area contributed by atoms with Crippen molar-refractivity contribution in [1.29, 1.82) is 5.26 Å². The molecular formula is C21H19F3N2O. The molecule has 0 unspecified atom stereocenters. The van der Waals surface area contributed by atoms with Gasteiger partial charge in [-0.1, -0.05) is 51.1 Å². The fourth-order valence-corrected chi connectivity index (χ4v) is 2.37. The molecule has 0 aliphatic carbocycles. The van der Waals surface area contributed by atoms with Crippen LogP contribution >= 0.6 is 0 Å². The topological polar surface area (TPSA) is 52.9 Å². The van der Waals surface area contributed by atoms with Crippen LogP contribution in [0.4, 0.5) is 18.9 Å². The second kappa shape index (κ2) is 7.67. The van der Waals surface area contributed by atoms with Crippen LogP contribution in [-0.2, 0) is 16.4 Å². The summed E-state index contributed by atoms with van der Waals surface area (Å²) in [6, 6.07) is 13.4. The lowest BCUT2D eigenvalue weighted by atomic mass is 9.86. The second-order valence-corrected chi connectivity index (χ2v) is 7.07. The maximum atomic E-state index is 12.8. The molecule has 0 saturated heterocycles. The minimum Gasteiger partial charge on any atom is -0.321 e. The van der Waals surface area contributed by atoms with Crippen LogP contribution in [0.1, 0.15) is 37.5 Å². The Bertz CT molecular complexity index is 899. The number of alkyl halides is 3. The first-order valence-corrected chi connectivity index (χ1v) is 8.21. The van der Waals surface area contributed by atoms with Gasteiger partial charge in [0, 0.05) is 5.69 Å². The number of carbonyl (C=O) groups is 1. The summed E-state index contributed by atoms with van der Waals surface area (Å²) >= 11 is 0. The lowest BCUT2D eigenvalue weighted by Gasteiger charge is -2.18. The standard InChI is InChI=1S/C21H19F3N2O/c1-20(2,3)16-9-7-14(8-10-16)11-15(13-25)19(27)26-18-6-4-5-17(12-18)21(22,23)24/h4-12H,1-3H3,(H,26,27). The molecule has 0 aromatic heterocycles. The highest BCUT2D eigenvalue weighted by Gasteiger charge is 2.30. The van der Waals surface area contributed by atoms with E-state index in [1.54, 1.807) is 18.2 Å². The van der Waals surface area contributed by atoms with Gasteiger partial charge in [-0.15, -0.1) is 0 Å². The average molecular weight is 372 g/mol. The van der Waals surface area contributed by atoms with Crippen molar-refractivity contribution in [3.05, 3.63) is 70.8 Å². The van der Waals surface area contributed by atoms with Gasteiger partial charge in [-0.05, 0) is 40.8 Å². The van der Waals surface area contributed by atoms with Crippen molar-refractivity contribution in [3.8, 4) is 6.07 Å². The number of nitriles is 1. The van der Waals surface area contributed by atoms with Gasteiger partial charge in [0.2, 0.25) is 0 Å². The number of benzene rings is 2. The van der Waals surface area contributed by atoms with Gasteiger partial charge in [0.25, 0.3) is 5.91 Å². The van der Waals surface area contributed by atoms with Crippen LogP contribution in [0.2, 0.25) is 0 Å². The first-order chi connectivity index (χ1) is 12.5. The van der Waals surface area contributed by atoms with Crippen LogP contribution in [0.25, 0.3) is 6.08 Å². The van der Waals surface area contributed by atoms with Crippen LogP contribution < -0.4 is 5.32 Å². The summed E-state index contributed by atoms with van der Waals surface area (Å²) in [6.07, 6.45) is -3.11. The summed E-state index contributed by atoms with van der Waals surface area (Å²) in [5, 5.41) is 11.6. The zero-order valence-corrected chi connectivity index (χ0v) is 15.2. The molecule has 0 radical (unpaired) electrons. The summed E-state index contributed by atoms with van der Waals surface area (Å²) in [4.78, 5) is 12.3. The van der Waals surface area contributed by atoms with E-state index in [0.29, 0.717) is 5.56 Å². The Morgan fingerprint density at radius 2 is 1.67 bits per heavy atom. The summed E-state index contributed by atoms with van der Waals surface area (Å²) < 4.78 is 38.3. The Labute approximate surface area is 156 Å². The predicted octanol–water partition coefficient (Wildman–Crippen LogP) is 5.55. The van der Waals surface area contributed by atoms with Crippen molar-refractivity contribution in [2.75, 3.05) is 5.32 Å². The summed E-state index contributed by atoms with van der Waals surface area (Å²) in [5.41, 5.74) is 0.627. The van der Waals surface area contributed by atoms with Crippen molar-refractivity contribution in [2.45, 2.75) is 32.4 Å². The Balaban J connectivity index is 2.21. The van der Waals surface area contributed by atoms with Gasteiger partial charge >= 0.3 is 6.18 Å². The van der Waals surface area contributed by atoms with E-state index in [1.165, 1.54) is 18.2 Å². The van der Waals surface area contributed by atoms with Gasteiger partial charge in [0.1, 0.15) is 11.6 Å². The van der Waals surface area contributed by atoms with Crippen molar-refractivity contribution in [2.24, 2.45) is 0 Å². The normalized spacial score (nSPS) is 12.4. The molecule has 3 nitrogen and oxygen atoms in total. The van der Waals surface area contributed by atoms with E-state index in [4.69, 9.17) is 0 Å². The van der Waals surface area contributed by atoms with E-state index in [0.717, 1.165) is 17.7 Å². The zero-order valence-electron chi connectivity index (χ0n) is 15.2. The molecule has 0 spiro atoms. The highest BCUT2D eigenvalue weighted by Crippen LogP contribution is 2.30. The summed E-state index contributed by atoms with van der Waals surface area (Å²) in [7, 11) is 0. The molecule has 2 aromatic carbocycles. The molecule has 6 heteroatoms. The lowest BCUT2D eigenvalue weighted by Crippen LogP contribution is -2.14. The number of amides is 1. The van der Waals surface area contributed by atoms with E-state index in [1.807, 2.05) is 12.1 Å². The Kier molecular flexibility index (Phi) is 5.75. The number of hydrogen-bond acceptors (Lipinski definition) is 2. The van der Waals surface area contributed by atoms with Crippen molar-refractivity contribution >= 4 is 17.7 Å². The SMILES string of the molecule is CC(C)(C)c1ccc(C=C(C#N)C(=O)Nc2cccc(C(F)(F)F)c2)cc1. The van der Waals surface area contributed by atoms with Crippen LogP contribution in [0.15, 0.2) is 54.1 Å². The molecule has 0 fully saturated rings. The molecular weight excluding hydrogens is 353 g/mol. The van der Waals surface area contributed by atoms with Crippen molar-refractivity contribution < 1.29 is 18.0 Å². The highest BCUT2D eigenvalue weighted by molar-refractivity contribution is 6.09. The quantitative estimate of drug-likeness (QED) is 0.567. The first kappa shape index (κ1) is 20.2. The molecule has 1 N–H and O–H groups in total. The Morgan fingerprint density at radius 1 is 1.04 bits per heavy atom. The summed E-state index contributed by atoms with van der Waals surface area (Å²) in [6.45, 7) is 6.21. The van der Waals surface area contributed by atoms with Crippen LogP contribution in [0.3, 0.4) is 0 Å². The number of halogens is 3. The molecule has 0 aliphatic rings. The minimum atomic E-state index is -4.51. The first-order valence-electron chi connectivity index (χ1n) is 8.21. The van der Waals surface area contributed by atoms with Crippen molar-refractivity contribution in [1.82, 2.24) is 0 Å². The van der Waals surface area contributed by atoms with E-state index in [2.05, 4.69) is 26.1 Å². The van der Waals surface area contributed by atoms with Crippen LogP contribution in [0.5, 0.6) is 0 Å². The minimum absolute atomic E-state index is 0.0266. The van der Waals surface area contributed by atoms with Gasteiger partial charge in [-0.2, -0.15) is 18.4 Å². The third kappa shape index (κ3) is 5.45. The largest absolute Gasteiger partial charge is 0.416 e. The molecule has 0 saturated carbocycles. The van der Waals surface area contributed by atoms with Gasteiger partial charge in [-0.3, -0.25) is 4.79 Å². The summed E-state index contributed by atoms with van der Waals surface area (Å²) in [5.74, 6) is -0.767. The molecule has 140 valence electrons. The zero-order chi connectivity index (χ0) is 20.2. The lowest BCUT2D eigenvalue weighted by molar-refractivity contribution is -0.137. The average Bonchev–Trinajstić information content (AvgIpc) is 2.58. The number of nitrogens with zero attached hydrogens (tertiary/aromatic N) is 1. The van der Waals surface area contributed by atoms with E-state index >= 15 is 0 Å². The number of anilines is 1. The maximum absolute atomic E-state index is 12.8. The van der Waals surface area contributed by atoms with Crippen molar-refractivity contribution in [3.63, 3.8) is 0 Å². The molecule has 0 heterocycles. The third-order valence-electron chi connectivity index (χ3n) is 3.90. The van der Waals surface area contributed by atoms with Crippen LogP contribution in [0, 0.1) is 11.3 Å². The van der Waals surface area contributed by atoms with Gasteiger partial charge in [-0.25, -0.2) is 0 Å². The molecule has 0 atom stereocenters. The monoisotopic (exact) mass is 372 g/mol. The van der Waals surface area contributed by atoms with E-state index < -0.39 is 17.6 Å². The van der Waals surface area contributed by atoms with E-state index in [9.17, 15) is 23.2 Å². The van der Waals surface area contributed by atoms with Gasteiger partial charge in [0.05, 0.1) is 5.56 Å². The number of carbonyl (C=O) groups excluding carboxylic acids is 1. The number of rotatable bonds is 3. The molecule has 27 heavy (non-hydrogen) atoms. The fraction of sp³-hybridized carbons (Fsp3) is 0.238. The highest BCUT2D eigenvalue weighted by atomic mass is 19.4. The Morgan fingerprint density at radius 3 is 2.19 bits per heavy atom. The molecule has 1 amide bonds. The molecule has 0 aliphatic heterocycles. The Hall–Kier alpha value is -3.07. The third-order valence-corrected chi connectivity index (χ3v) is 3.90. The van der Waals surface area contributed by atoms with E-state index in [-0.39, 0.29) is 16.7 Å². The maximum Gasteiger partial charge on any atom is 0.416 e. The fourth-order valence-electron chi connectivity index (χ4n) is 2.37. The second-order valence-electron chi connectivity index (χ2n) is 7.07. The number of hydrogen-bond donors (Lipinski definition) is 1. The molecule has 0 bridgehead atoms. The molecule has 2 rings (SSSR count). The van der Waals surface area contributed by atoms with Crippen LogP contribution in [-0.4, -0.2) is 5.91 Å². The van der Waals surface area contributed by atoms with Gasteiger partial charge in [0.15, 0.2) is 0 Å². The predicted molar refractivity (Wildman–Crippen MR) is 98.8 cm³/mol.